The third kappa shape index (κ3) is 4.04. The molecule has 2 rings (SSSR count). The maximum atomic E-state index is 6.15. The minimum absolute atomic E-state index is 0.295. The zero-order valence-corrected chi connectivity index (χ0v) is 13.6. The van der Waals surface area contributed by atoms with Crippen LogP contribution in [0.2, 0.25) is 0 Å². The van der Waals surface area contributed by atoms with Gasteiger partial charge in [-0.15, -0.1) is 0 Å². The van der Waals surface area contributed by atoms with Crippen LogP contribution >= 0.6 is 0 Å². The smallest absolute Gasteiger partial charge is 0.0716 e. The molecule has 21 heavy (non-hydrogen) atoms. The highest BCUT2D eigenvalue weighted by molar-refractivity contribution is 5.30. The van der Waals surface area contributed by atoms with Crippen molar-refractivity contribution in [3.63, 3.8) is 0 Å². The standard InChI is InChI=1S/C17H29N3O/c1-19(2)12-15-8-6-10-20(15)17(11-18)16-9-5-4-7-14(16)13-21-3/h4-5,7,9,15,17H,6,8,10-13,18H2,1-3H3. The van der Waals surface area contributed by atoms with E-state index in [4.69, 9.17) is 10.5 Å². The molecular weight excluding hydrogens is 262 g/mol. The number of likely N-dealkylation sites (tertiary alicyclic amines) is 1. The van der Waals surface area contributed by atoms with Gasteiger partial charge >= 0.3 is 0 Å². The molecule has 0 amide bonds. The van der Waals surface area contributed by atoms with Crippen LogP contribution in [0.1, 0.15) is 30.0 Å². The van der Waals surface area contributed by atoms with Gasteiger partial charge in [0.2, 0.25) is 0 Å². The molecule has 0 radical (unpaired) electrons. The Balaban J connectivity index is 2.22. The van der Waals surface area contributed by atoms with Crippen LogP contribution in [0.5, 0.6) is 0 Å². The fourth-order valence-electron chi connectivity index (χ4n) is 3.47. The highest BCUT2D eigenvalue weighted by Gasteiger charge is 2.31. The summed E-state index contributed by atoms with van der Waals surface area (Å²) in [5.41, 5.74) is 8.73. The van der Waals surface area contributed by atoms with Crippen molar-refractivity contribution in [1.82, 2.24) is 9.80 Å². The summed E-state index contributed by atoms with van der Waals surface area (Å²) in [6.45, 7) is 3.55. The van der Waals surface area contributed by atoms with Crippen molar-refractivity contribution in [3.8, 4) is 0 Å². The first kappa shape index (κ1) is 16.4. The van der Waals surface area contributed by atoms with E-state index < -0.39 is 0 Å². The Morgan fingerprint density at radius 1 is 1.38 bits per heavy atom. The van der Waals surface area contributed by atoms with E-state index in [2.05, 4.69) is 48.2 Å². The van der Waals surface area contributed by atoms with Gasteiger partial charge < -0.3 is 15.4 Å². The van der Waals surface area contributed by atoms with E-state index in [9.17, 15) is 0 Å². The number of benzene rings is 1. The van der Waals surface area contributed by atoms with Gasteiger partial charge in [-0.3, -0.25) is 4.90 Å². The van der Waals surface area contributed by atoms with Gasteiger partial charge in [-0.1, -0.05) is 24.3 Å². The van der Waals surface area contributed by atoms with Gasteiger partial charge in [0.25, 0.3) is 0 Å². The van der Waals surface area contributed by atoms with E-state index in [1.807, 2.05) is 0 Å². The molecule has 0 aliphatic carbocycles. The number of nitrogens with zero attached hydrogens (tertiary/aromatic N) is 2. The minimum Gasteiger partial charge on any atom is -0.380 e. The normalized spacial score (nSPS) is 21.1. The Hall–Kier alpha value is -0.940. The van der Waals surface area contributed by atoms with E-state index in [0.29, 0.717) is 25.2 Å². The second-order valence-corrected chi connectivity index (χ2v) is 6.18. The van der Waals surface area contributed by atoms with Crippen LogP contribution in [0.3, 0.4) is 0 Å². The van der Waals surface area contributed by atoms with E-state index in [1.165, 1.54) is 24.0 Å². The monoisotopic (exact) mass is 291 g/mol. The average Bonchev–Trinajstić information content (AvgIpc) is 2.89. The summed E-state index contributed by atoms with van der Waals surface area (Å²) >= 11 is 0. The number of hydrogen-bond acceptors (Lipinski definition) is 4. The summed E-state index contributed by atoms with van der Waals surface area (Å²) in [6, 6.07) is 9.43. The van der Waals surface area contributed by atoms with Crippen molar-refractivity contribution in [2.45, 2.75) is 31.5 Å². The molecule has 0 bridgehead atoms. The molecule has 1 aliphatic rings. The van der Waals surface area contributed by atoms with Crippen molar-refractivity contribution >= 4 is 0 Å². The summed E-state index contributed by atoms with van der Waals surface area (Å²) < 4.78 is 5.35. The molecule has 2 unspecified atom stereocenters. The highest BCUT2D eigenvalue weighted by atomic mass is 16.5. The van der Waals surface area contributed by atoms with Crippen LogP contribution in [-0.4, -0.2) is 56.7 Å². The number of nitrogens with two attached hydrogens (primary N) is 1. The lowest BCUT2D eigenvalue weighted by atomic mass is 9.98. The molecule has 1 fully saturated rings. The van der Waals surface area contributed by atoms with E-state index in [1.54, 1.807) is 7.11 Å². The minimum atomic E-state index is 0.295. The lowest BCUT2D eigenvalue weighted by Crippen LogP contribution is -2.42. The molecule has 1 aliphatic heterocycles. The van der Waals surface area contributed by atoms with Crippen LogP contribution in [0.25, 0.3) is 0 Å². The van der Waals surface area contributed by atoms with Crippen molar-refractivity contribution in [2.24, 2.45) is 5.73 Å². The molecule has 1 aromatic rings. The van der Waals surface area contributed by atoms with Gasteiger partial charge in [-0.25, -0.2) is 0 Å². The van der Waals surface area contributed by atoms with Crippen LogP contribution in [0.4, 0.5) is 0 Å². The van der Waals surface area contributed by atoms with Gasteiger partial charge in [0.05, 0.1) is 6.61 Å². The second-order valence-electron chi connectivity index (χ2n) is 6.18. The number of hydrogen-bond donors (Lipinski definition) is 1. The zero-order chi connectivity index (χ0) is 15.2. The van der Waals surface area contributed by atoms with Crippen molar-refractivity contribution < 1.29 is 4.74 Å². The maximum absolute atomic E-state index is 6.15. The average molecular weight is 291 g/mol. The Labute approximate surface area is 128 Å². The predicted octanol–water partition coefficient (Wildman–Crippen LogP) is 1.86. The fourth-order valence-corrected chi connectivity index (χ4v) is 3.47. The molecule has 118 valence electrons. The molecule has 2 N–H and O–H groups in total. The molecule has 2 atom stereocenters. The molecule has 1 saturated heterocycles. The van der Waals surface area contributed by atoms with E-state index in [-0.39, 0.29) is 0 Å². The Morgan fingerprint density at radius 2 is 2.14 bits per heavy atom. The predicted molar refractivity (Wildman–Crippen MR) is 87.2 cm³/mol. The first-order valence-electron chi connectivity index (χ1n) is 7.84. The third-order valence-corrected chi connectivity index (χ3v) is 4.34. The summed E-state index contributed by atoms with van der Waals surface area (Å²) in [5.74, 6) is 0. The molecule has 4 nitrogen and oxygen atoms in total. The van der Waals surface area contributed by atoms with Crippen LogP contribution < -0.4 is 5.73 Å². The molecule has 1 heterocycles. The first-order valence-corrected chi connectivity index (χ1v) is 7.84. The molecule has 0 aromatic heterocycles. The van der Waals surface area contributed by atoms with Gasteiger partial charge in [-0.2, -0.15) is 0 Å². The summed E-state index contributed by atoms with van der Waals surface area (Å²) in [4.78, 5) is 4.87. The van der Waals surface area contributed by atoms with E-state index >= 15 is 0 Å². The summed E-state index contributed by atoms with van der Waals surface area (Å²) in [6.07, 6.45) is 2.53. The van der Waals surface area contributed by atoms with Crippen LogP contribution in [0.15, 0.2) is 24.3 Å². The molecule has 1 aromatic carbocycles. The van der Waals surface area contributed by atoms with Gasteiger partial charge in [0.15, 0.2) is 0 Å². The summed E-state index contributed by atoms with van der Waals surface area (Å²) in [5, 5.41) is 0. The topological polar surface area (TPSA) is 41.7 Å². The number of rotatable bonds is 7. The van der Waals surface area contributed by atoms with Gasteiger partial charge in [0.1, 0.15) is 0 Å². The molecule has 0 spiro atoms. The quantitative estimate of drug-likeness (QED) is 0.832. The number of methoxy groups -OCH3 is 1. The third-order valence-electron chi connectivity index (χ3n) is 4.34. The maximum Gasteiger partial charge on any atom is 0.0716 e. The highest BCUT2D eigenvalue weighted by Crippen LogP contribution is 2.31. The first-order chi connectivity index (χ1) is 10.2. The van der Waals surface area contributed by atoms with Crippen LogP contribution in [-0.2, 0) is 11.3 Å². The number of ether oxygens (including phenoxy) is 1. The van der Waals surface area contributed by atoms with Gasteiger partial charge in [0, 0.05) is 32.3 Å². The largest absolute Gasteiger partial charge is 0.380 e. The molecular formula is C17H29N3O. The summed E-state index contributed by atoms with van der Waals surface area (Å²) in [7, 11) is 6.04. The lowest BCUT2D eigenvalue weighted by molar-refractivity contribution is 0.149. The molecule has 0 saturated carbocycles. The SMILES string of the molecule is COCc1ccccc1C(CN)N1CCCC1CN(C)C. The zero-order valence-electron chi connectivity index (χ0n) is 13.6. The molecule has 4 heteroatoms. The Morgan fingerprint density at radius 3 is 2.81 bits per heavy atom. The lowest BCUT2D eigenvalue weighted by Gasteiger charge is -2.35. The van der Waals surface area contributed by atoms with Crippen LogP contribution in [0, 0.1) is 0 Å². The number of likely N-dealkylation sites (N-methyl/N-ethyl adjacent to an activating group) is 1. The van der Waals surface area contributed by atoms with Crippen molar-refractivity contribution in [1.29, 1.82) is 0 Å². The van der Waals surface area contributed by atoms with Crippen molar-refractivity contribution in [3.05, 3.63) is 35.4 Å². The second kappa shape index (κ2) is 7.90. The Kier molecular flexibility index (Phi) is 6.18. The fraction of sp³-hybridized carbons (Fsp3) is 0.647. The van der Waals surface area contributed by atoms with Crippen molar-refractivity contribution in [2.75, 3.05) is 40.8 Å². The van der Waals surface area contributed by atoms with E-state index in [0.717, 1.165) is 13.1 Å². The Bertz CT molecular complexity index is 436. The van der Waals surface area contributed by atoms with Gasteiger partial charge in [-0.05, 0) is 44.6 Å².